The van der Waals surface area contributed by atoms with Gasteiger partial charge in [0.25, 0.3) is 0 Å². The molecule has 0 spiro atoms. The summed E-state index contributed by atoms with van der Waals surface area (Å²) < 4.78 is 5.13. The normalized spacial score (nSPS) is 11.8. The molecule has 0 saturated heterocycles. The van der Waals surface area contributed by atoms with Crippen molar-refractivity contribution in [1.82, 2.24) is 4.90 Å². The van der Waals surface area contributed by atoms with Gasteiger partial charge in [-0.05, 0) is 24.1 Å². The lowest BCUT2D eigenvalue weighted by molar-refractivity contribution is -0.130. The first-order valence-electron chi connectivity index (χ1n) is 6.36. The zero-order valence-corrected chi connectivity index (χ0v) is 11.8. The molecule has 1 rings (SSSR count). The van der Waals surface area contributed by atoms with Crippen molar-refractivity contribution in [1.29, 1.82) is 0 Å². The summed E-state index contributed by atoms with van der Waals surface area (Å²) in [4.78, 5) is 24.3. The van der Waals surface area contributed by atoms with Gasteiger partial charge in [-0.2, -0.15) is 0 Å². The molecule has 1 aromatic carbocycles. The molecule has 0 aliphatic heterocycles. The Morgan fingerprint density at radius 1 is 1.40 bits per heavy atom. The van der Waals surface area contributed by atoms with Crippen LogP contribution in [0.15, 0.2) is 24.3 Å². The first-order valence-corrected chi connectivity index (χ1v) is 6.36. The number of nitrogens with two attached hydrogens (primary N) is 2. The Balaban J connectivity index is 2.50. The van der Waals surface area contributed by atoms with E-state index in [0.29, 0.717) is 6.54 Å². The number of rotatable bonds is 7. The molecule has 2 amide bonds. The van der Waals surface area contributed by atoms with Gasteiger partial charge in [-0.15, -0.1) is 0 Å². The van der Waals surface area contributed by atoms with E-state index in [4.69, 9.17) is 16.2 Å². The fourth-order valence-electron chi connectivity index (χ4n) is 1.74. The standard InChI is InChI=1S/C14H21N3O3/c1-17(13(18)7-6-12(15)14(16)19)9-10-4-3-5-11(8-10)20-2/h3-5,8,12H,6-7,9,15H2,1-2H3,(H2,16,19)/t12-/m0/s1. The minimum atomic E-state index is -0.774. The summed E-state index contributed by atoms with van der Waals surface area (Å²) in [5, 5.41) is 0. The number of hydrogen-bond donors (Lipinski definition) is 2. The van der Waals surface area contributed by atoms with E-state index in [9.17, 15) is 9.59 Å². The predicted octanol–water partition coefficient (Wildman–Crippen LogP) is 0.246. The van der Waals surface area contributed by atoms with Crippen LogP contribution in [0.5, 0.6) is 5.75 Å². The Kier molecular flexibility index (Phi) is 5.99. The van der Waals surface area contributed by atoms with Crippen molar-refractivity contribution in [2.45, 2.75) is 25.4 Å². The summed E-state index contributed by atoms with van der Waals surface area (Å²) in [7, 11) is 3.30. The Bertz CT molecular complexity index is 476. The van der Waals surface area contributed by atoms with Crippen LogP contribution in [0.1, 0.15) is 18.4 Å². The highest BCUT2D eigenvalue weighted by atomic mass is 16.5. The van der Waals surface area contributed by atoms with Crippen molar-refractivity contribution in [3.63, 3.8) is 0 Å². The second-order valence-electron chi connectivity index (χ2n) is 4.65. The lowest BCUT2D eigenvalue weighted by Crippen LogP contribution is -2.37. The summed E-state index contributed by atoms with van der Waals surface area (Å²) >= 11 is 0. The molecule has 0 fully saturated rings. The summed E-state index contributed by atoms with van der Waals surface area (Å²) in [6.07, 6.45) is 0.460. The number of carbonyl (C=O) groups excluding carboxylic acids is 2. The van der Waals surface area contributed by atoms with Gasteiger partial charge in [0.15, 0.2) is 0 Å². The second-order valence-corrected chi connectivity index (χ2v) is 4.65. The maximum Gasteiger partial charge on any atom is 0.234 e. The Hall–Kier alpha value is -2.08. The summed E-state index contributed by atoms with van der Waals surface area (Å²) in [6, 6.07) is 6.73. The van der Waals surface area contributed by atoms with E-state index in [2.05, 4.69) is 0 Å². The molecule has 0 aliphatic carbocycles. The lowest BCUT2D eigenvalue weighted by atomic mass is 10.1. The highest BCUT2D eigenvalue weighted by Gasteiger charge is 2.14. The molecule has 1 atom stereocenters. The van der Waals surface area contributed by atoms with E-state index in [1.165, 1.54) is 0 Å². The third-order valence-electron chi connectivity index (χ3n) is 3.01. The number of hydrogen-bond acceptors (Lipinski definition) is 4. The van der Waals surface area contributed by atoms with Crippen LogP contribution in [0.3, 0.4) is 0 Å². The highest BCUT2D eigenvalue weighted by Crippen LogP contribution is 2.14. The monoisotopic (exact) mass is 279 g/mol. The molecule has 0 aromatic heterocycles. The Labute approximate surface area is 118 Å². The maximum atomic E-state index is 11.9. The van der Waals surface area contributed by atoms with Gasteiger partial charge in [0, 0.05) is 20.0 Å². The molecule has 20 heavy (non-hydrogen) atoms. The molecule has 0 radical (unpaired) electrons. The molecule has 6 heteroatoms. The summed E-state index contributed by atoms with van der Waals surface area (Å²) in [5.74, 6) is 0.0804. The minimum Gasteiger partial charge on any atom is -0.497 e. The van der Waals surface area contributed by atoms with Crippen molar-refractivity contribution in [3.05, 3.63) is 29.8 Å². The molecule has 110 valence electrons. The largest absolute Gasteiger partial charge is 0.497 e. The van der Waals surface area contributed by atoms with Crippen LogP contribution in [-0.4, -0.2) is 36.9 Å². The minimum absolute atomic E-state index is 0.0791. The van der Waals surface area contributed by atoms with E-state index in [0.717, 1.165) is 11.3 Å². The van der Waals surface area contributed by atoms with Gasteiger partial charge in [-0.3, -0.25) is 9.59 Å². The van der Waals surface area contributed by atoms with Crippen molar-refractivity contribution in [2.24, 2.45) is 11.5 Å². The number of benzene rings is 1. The van der Waals surface area contributed by atoms with Crippen LogP contribution >= 0.6 is 0 Å². The van der Waals surface area contributed by atoms with Crippen LogP contribution in [0.4, 0.5) is 0 Å². The van der Waals surface area contributed by atoms with Crippen LogP contribution in [-0.2, 0) is 16.1 Å². The number of methoxy groups -OCH3 is 1. The molecule has 0 aliphatic rings. The van der Waals surface area contributed by atoms with Crippen molar-refractivity contribution in [2.75, 3.05) is 14.2 Å². The van der Waals surface area contributed by atoms with Crippen molar-refractivity contribution < 1.29 is 14.3 Å². The molecule has 1 aromatic rings. The molecule has 6 nitrogen and oxygen atoms in total. The number of carbonyl (C=O) groups is 2. The van der Waals surface area contributed by atoms with E-state index in [1.54, 1.807) is 19.1 Å². The maximum absolute atomic E-state index is 11.9. The Morgan fingerprint density at radius 2 is 2.10 bits per heavy atom. The third-order valence-corrected chi connectivity index (χ3v) is 3.01. The fraction of sp³-hybridized carbons (Fsp3) is 0.429. The van der Waals surface area contributed by atoms with Crippen LogP contribution in [0.2, 0.25) is 0 Å². The smallest absolute Gasteiger partial charge is 0.234 e. The number of amides is 2. The number of primary amides is 1. The summed E-state index contributed by atoms with van der Waals surface area (Å²) in [5.41, 5.74) is 11.5. The van der Waals surface area contributed by atoms with Gasteiger partial charge in [-0.25, -0.2) is 0 Å². The van der Waals surface area contributed by atoms with E-state index >= 15 is 0 Å². The van der Waals surface area contributed by atoms with Gasteiger partial charge >= 0.3 is 0 Å². The van der Waals surface area contributed by atoms with Gasteiger partial charge < -0.3 is 21.1 Å². The molecule has 0 bridgehead atoms. The zero-order chi connectivity index (χ0) is 15.1. The van der Waals surface area contributed by atoms with Gasteiger partial charge in [0.2, 0.25) is 11.8 Å². The molecule has 0 saturated carbocycles. The second kappa shape index (κ2) is 7.49. The summed E-state index contributed by atoms with van der Waals surface area (Å²) in [6.45, 7) is 0.474. The SMILES string of the molecule is COc1cccc(CN(C)C(=O)CC[C@H](N)C(N)=O)c1. The lowest BCUT2D eigenvalue weighted by Gasteiger charge is -2.18. The molecule has 4 N–H and O–H groups in total. The Morgan fingerprint density at radius 3 is 2.70 bits per heavy atom. The third kappa shape index (κ3) is 4.89. The number of ether oxygens (including phenoxy) is 1. The average Bonchev–Trinajstić information content (AvgIpc) is 2.44. The van der Waals surface area contributed by atoms with Crippen molar-refractivity contribution in [3.8, 4) is 5.75 Å². The molecular weight excluding hydrogens is 258 g/mol. The van der Waals surface area contributed by atoms with Crippen LogP contribution in [0.25, 0.3) is 0 Å². The molecule has 0 unspecified atom stereocenters. The van der Waals surface area contributed by atoms with Gasteiger partial charge in [0.05, 0.1) is 13.2 Å². The molecular formula is C14H21N3O3. The van der Waals surface area contributed by atoms with Gasteiger partial charge in [0.1, 0.15) is 5.75 Å². The topological polar surface area (TPSA) is 98.7 Å². The van der Waals surface area contributed by atoms with Gasteiger partial charge in [-0.1, -0.05) is 12.1 Å². The van der Waals surface area contributed by atoms with Crippen LogP contribution in [0, 0.1) is 0 Å². The quantitative estimate of drug-likeness (QED) is 0.747. The van der Waals surface area contributed by atoms with E-state index in [1.807, 2.05) is 24.3 Å². The first kappa shape index (κ1) is 16.0. The molecule has 0 heterocycles. The van der Waals surface area contributed by atoms with E-state index < -0.39 is 11.9 Å². The zero-order valence-electron chi connectivity index (χ0n) is 11.8. The highest BCUT2D eigenvalue weighted by molar-refractivity contribution is 5.81. The fourth-order valence-corrected chi connectivity index (χ4v) is 1.74. The van der Waals surface area contributed by atoms with Crippen LogP contribution < -0.4 is 16.2 Å². The predicted molar refractivity (Wildman–Crippen MR) is 75.9 cm³/mol. The van der Waals surface area contributed by atoms with Crippen molar-refractivity contribution >= 4 is 11.8 Å². The average molecular weight is 279 g/mol. The number of nitrogens with zero attached hydrogens (tertiary/aromatic N) is 1. The van der Waals surface area contributed by atoms with E-state index in [-0.39, 0.29) is 18.7 Å². The first-order chi connectivity index (χ1) is 9.43.